The number of hydrogen-bond acceptors (Lipinski definition) is 7. The lowest BCUT2D eigenvalue weighted by molar-refractivity contribution is -0.139. The maximum Gasteiger partial charge on any atom is 0.305 e. The van der Waals surface area contributed by atoms with E-state index in [0.29, 0.717) is 28.5 Å². The summed E-state index contributed by atoms with van der Waals surface area (Å²) >= 11 is 0. The van der Waals surface area contributed by atoms with Gasteiger partial charge in [-0.2, -0.15) is 0 Å². The van der Waals surface area contributed by atoms with Gasteiger partial charge in [-0.05, 0) is 30.2 Å². The molecule has 31 heavy (non-hydrogen) atoms. The van der Waals surface area contributed by atoms with Gasteiger partial charge < -0.3 is 15.3 Å². The highest BCUT2D eigenvalue weighted by molar-refractivity contribution is 5.74. The largest absolute Gasteiger partial charge is 0.481 e. The highest BCUT2D eigenvalue weighted by atomic mass is 19.1. The van der Waals surface area contributed by atoms with E-state index in [0.717, 1.165) is 0 Å². The molecule has 0 spiro atoms. The molecule has 0 amide bonds. The van der Waals surface area contributed by atoms with Crippen LogP contribution in [-0.4, -0.2) is 57.6 Å². The average molecular weight is 433 g/mol. The first-order valence-corrected chi connectivity index (χ1v) is 9.84. The van der Waals surface area contributed by atoms with Crippen LogP contribution < -0.4 is 5.06 Å². The monoisotopic (exact) mass is 433 g/mol. The third kappa shape index (κ3) is 6.81. The molecule has 0 bridgehead atoms. The predicted octanol–water partition coefficient (Wildman–Crippen LogP) is 3.00. The van der Waals surface area contributed by atoms with Crippen molar-refractivity contribution in [3.05, 3.63) is 47.4 Å². The second-order valence-corrected chi connectivity index (χ2v) is 7.43. The number of halogens is 1. The first-order valence-electron chi connectivity index (χ1n) is 9.84. The van der Waals surface area contributed by atoms with Gasteiger partial charge in [0.25, 0.3) is 0 Å². The first kappa shape index (κ1) is 24.4. The Labute approximate surface area is 180 Å². The van der Waals surface area contributed by atoms with Gasteiger partial charge in [0.2, 0.25) is 5.95 Å². The van der Waals surface area contributed by atoms with E-state index >= 15 is 0 Å². The highest BCUT2D eigenvalue weighted by Crippen LogP contribution is 2.31. The van der Waals surface area contributed by atoms with E-state index in [1.54, 1.807) is 25.3 Å². The van der Waals surface area contributed by atoms with Crippen molar-refractivity contribution in [2.45, 2.75) is 44.8 Å². The van der Waals surface area contributed by atoms with Crippen LogP contribution in [0.5, 0.6) is 0 Å². The molecule has 0 saturated heterocycles. The van der Waals surface area contributed by atoms with Crippen LogP contribution >= 0.6 is 0 Å². The minimum absolute atomic E-state index is 0.0133. The Hall–Kier alpha value is -2.88. The van der Waals surface area contributed by atoms with Crippen LogP contribution in [-0.2, 0) is 9.63 Å². The van der Waals surface area contributed by atoms with Crippen LogP contribution in [0.25, 0.3) is 17.3 Å². The molecule has 3 N–H and O–H groups in total. The molecule has 9 heteroatoms. The van der Waals surface area contributed by atoms with Gasteiger partial charge in [0.1, 0.15) is 5.82 Å². The molecule has 0 aliphatic rings. The molecule has 8 nitrogen and oxygen atoms in total. The molecule has 2 rings (SSSR count). The number of hydrogen-bond donors (Lipinski definition) is 3. The summed E-state index contributed by atoms with van der Waals surface area (Å²) in [5.41, 5.74) is 2.48. The fourth-order valence-electron chi connectivity index (χ4n) is 2.98. The fraction of sp³-hybridized carbons (Fsp3) is 0.409. The molecule has 0 fully saturated rings. The number of carboxylic acids is 1. The standard InChI is InChI=1S/C22H28FN3O5/c1-13(2)20-18(10-9-16(27)11-17(28)12-19(29)30)21(14-5-7-15(23)8-6-14)25-22(24-20)26(3)31-4/h5-10,13,16-17,27-28H,11-12H2,1-4H3,(H,29,30)/b10-9+/t16-,17-/m1/s1. The van der Waals surface area contributed by atoms with Crippen molar-refractivity contribution in [3.8, 4) is 11.3 Å². The maximum absolute atomic E-state index is 13.5. The van der Waals surface area contributed by atoms with E-state index in [-0.39, 0.29) is 18.2 Å². The minimum Gasteiger partial charge on any atom is -0.481 e. The molecule has 1 heterocycles. The van der Waals surface area contributed by atoms with Crippen LogP contribution in [0.4, 0.5) is 10.3 Å². The SMILES string of the molecule is CON(C)c1nc(-c2ccc(F)cc2)c(/C=C/[C@@H](O)C[C@@H](O)CC(=O)O)c(C(C)C)n1. The molecule has 0 radical (unpaired) electrons. The molecule has 0 aliphatic heterocycles. The predicted molar refractivity (Wildman–Crippen MR) is 115 cm³/mol. The second kappa shape index (κ2) is 10.9. The van der Waals surface area contributed by atoms with Gasteiger partial charge in [-0.1, -0.05) is 26.0 Å². The number of aromatic nitrogens is 2. The van der Waals surface area contributed by atoms with Crippen molar-refractivity contribution in [1.29, 1.82) is 0 Å². The molecule has 168 valence electrons. The molecule has 0 saturated carbocycles. The van der Waals surface area contributed by atoms with E-state index in [9.17, 15) is 19.4 Å². The number of rotatable bonds is 10. The quantitative estimate of drug-likeness (QED) is 0.490. The number of benzene rings is 1. The van der Waals surface area contributed by atoms with Crippen molar-refractivity contribution < 1.29 is 29.3 Å². The Kier molecular flexibility index (Phi) is 8.61. The van der Waals surface area contributed by atoms with E-state index in [4.69, 9.17) is 9.94 Å². The molecule has 2 aromatic rings. The number of aliphatic hydroxyl groups excluding tert-OH is 2. The summed E-state index contributed by atoms with van der Waals surface area (Å²) in [6.45, 7) is 3.91. The van der Waals surface area contributed by atoms with Crippen LogP contribution in [0.2, 0.25) is 0 Å². The van der Waals surface area contributed by atoms with E-state index < -0.39 is 24.6 Å². The highest BCUT2D eigenvalue weighted by Gasteiger charge is 2.19. The zero-order valence-electron chi connectivity index (χ0n) is 18.0. The number of anilines is 1. The van der Waals surface area contributed by atoms with Crippen molar-refractivity contribution >= 4 is 18.0 Å². The lowest BCUT2D eigenvalue weighted by Gasteiger charge is -2.20. The third-order valence-electron chi connectivity index (χ3n) is 4.59. The van der Waals surface area contributed by atoms with Crippen LogP contribution in [0, 0.1) is 5.82 Å². The summed E-state index contributed by atoms with van der Waals surface area (Å²) in [7, 11) is 3.15. The van der Waals surface area contributed by atoms with Crippen molar-refractivity contribution in [3.63, 3.8) is 0 Å². The van der Waals surface area contributed by atoms with Crippen molar-refractivity contribution in [2.24, 2.45) is 0 Å². The summed E-state index contributed by atoms with van der Waals surface area (Å²) < 4.78 is 13.5. The lowest BCUT2D eigenvalue weighted by Crippen LogP contribution is -2.20. The summed E-state index contributed by atoms with van der Waals surface area (Å²) in [5.74, 6) is -1.22. The number of carbonyl (C=O) groups is 1. The minimum atomic E-state index is -1.17. The smallest absolute Gasteiger partial charge is 0.305 e. The Morgan fingerprint density at radius 1 is 1.23 bits per heavy atom. The molecule has 1 aromatic carbocycles. The first-order chi connectivity index (χ1) is 14.6. The summed E-state index contributed by atoms with van der Waals surface area (Å²) in [5, 5.41) is 30.2. The van der Waals surface area contributed by atoms with E-state index in [1.807, 2.05) is 13.8 Å². The number of hydroxylamine groups is 1. The zero-order chi connectivity index (χ0) is 23.1. The molecular formula is C22H28FN3O5. The van der Waals surface area contributed by atoms with Gasteiger partial charge in [-0.15, -0.1) is 0 Å². The van der Waals surface area contributed by atoms with Crippen molar-refractivity contribution in [2.75, 3.05) is 19.2 Å². The zero-order valence-corrected chi connectivity index (χ0v) is 18.0. The topological polar surface area (TPSA) is 116 Å². The fourth-order valence-corrected chi connectivity index (χ4v) is 2.98. The molecular weight excluding hydrogens is 405 g/mol. The maximum atomic E-state index is 13.5. The summed E-state index contributed by atoms with van der Waals surface area (Å²) in [6.07, 6.45) is 0.274. The molecule has 1 aromatic heterocycles. The van der Waals surface area contributed by atoms with Gasteiger partial charge in [0, 0.05) is 24.6 Å². The van der Waals surface area contributed by atoms with Gasteiger partial charge in [0.05, 0.1) is 37.1 Å². The van der Waals surface area contributed by atoms with Crippen LogP contribution in [0.15, 0.2) is 30.3 Å². The normalized spacial score (nSPS) is 13.5. The van der Waals surface area contributed by atoms with Crippen LogP contribution in [0.3, 0.4) is 0 Å². The van der Waals surface area contributed by atoms with Gasteiger partial charge >= 0.3 is 5.97 Å². The Bertz CT molecular complexity index is 918. The molecule has 2 atom stereocenters. The molecule has 0 aliphatic carbocycles. The van der Waals surface area contributed by atoms with Crippen molar-refractivity contribution in [1.82, 2.24) is 9.97 Å². The van der Waals surface area contributed by atoms with Gasteiger partial charge in [-0.25, -0.2) is 19.4 Å². The van der Waals surface area contributed by atoms with Crippen LogP contribution in [0.1, 0.15) is 43.9 Å². The second-order valence-electron chi connectivity index (χ2n) is 7.43. The summed E-state index contributed by atoms with van der Waals surface area (Å²) in [4.78, 5) is 25.1. The third-order valence-corrected chi connectivity index (χ3v) is 4.59. The number of carboxylic acid groups (broad SMARTS) is 1. The van der Waals surface area contributed by atoms with Gasteiger partial charge in [0.15, 0.2) is 0 Å². The summed E-state index contributed by atoms with van der Waals surface area (Å²) in [6, 6.07) is 5.86. The number of nitrogens with zero attached hydrogens (tertiary/aromatic N) is 3. The number of aliphatic hydroxyl groups is 2. The average Bonchev–Trinajstić information content (AvgIpc) is 2.70. The molecule has 0 unspecified atom stereocenters. The van der Waals surface area contributed by atoms with Gasteiger partial charge in [-0.3, -0.25) is 9.63 Å². The van der Waals surface area contributed by atoms with E-state index in [2.05, 4.69) is 9.97 Å². The lowest BCUT2D eigenvalue weighted by atomic mass is 9.97. The number of aliphatic carboxylic acids is 1. The Morgan fingerprint density at radius 3 is 2.42 bits per heavy atom. The Balaban J connectivity index is 2.52. The Morgan fingerprint density at radius 2 is 1.87 bits per heavy atom. The van der Waals surface area contributed by atoms with E-state index in [1.165, 1.54) is 30.4 Å².